The van der Waals surface area contributed by atoms with Gasteiger partial charge in [0.05, 0.1) is 54.2 Å². The Morgan fingerprint density at radius 3 is 3.04 bits per heavy atom. The fraction of sp³-hybridized carbons (Fsp3) is 0.526. The lowest BCUT2D eigenvalue weighted by Gasteiger charge is -2.52. The molecule has 0 radical (unpaired) electrons. The number of nitrogens with one attached hydrogen (secondary N) is 2. The summed E-state index contributed by atoms with van der Waals surface area (Å²) in [6, 6.07) is 6.43. The van der Waals surface area contributed by atoms with E-state index in [4.69, 9.17) is 15.9 Å². The molecule has 8 nitrogen and oxygen atoms in total. The van der Waals surface area contributed by atoms with Gasteiger partial charge in [-0.3, -0.25) is 10.3 Å². The number of piperidine rings is 1. The SMILES string of the molecule is CC1CCN(C2(CC#N)COC2)CC1Nc1c(C(=N)N)cnn2cccc12. The molecular formula is C19H25N7O. The number of hydrogen-bond donors (Lipinski definition) is 3. The molecule has 2 aliphatic heterocycles. The van der Waals surface area contributed by atoms with Crippen LogP contribution in [0.5, 0.6) is 0 Å². The van der Waals surface area contributed by atoms with Crippen LogP contribution in [0.4, 0.5) is 5.69 Å². The van der Waals surface area contributed by atoms with E-state index in [0.717, 1.165) is 30.7 Å². The summed E-state index contributed by atoms with van der Waals surface area (Å²) in [5, 5.41) is 25.2. The number of aromatic nitrogens is 2. The number of nitrogens with two attached hydrogens (primary N) is 1. The predicted octanol–water partition coefficient (Wildman–Crippen LogP) is 1.42. The second-order valence-corrected chi connectivity index (χ2v) is 7.70. The molecule has 0 spiro atoms. The molecule has 2 aromatic heterocycles. The summed E-state index contributed by atoms with van der Waals surface area (Å²) in [6.07, 6.45) is 5.06. The first-order chi connectivity index (χ1) is 13.0. The summed E-state index contributed by atoms with van der Waals surface area (Å²) in [6.45, 7) is 5.30. The van der Waals surface area contributed by atoms with Gasteiger partial charge in [-0.15, -0.1) is 0 Å². The molecule has 2 fully saturated rings. The maximum Gasteiger partial charge on any atom is 0.126 e. The molecule has 2 saturated heterocycles. The molecular weight excluding hydrogens is 342 g/mol. The van der Waals surface area contributed by atoms with Gasteiger partial charge in [-0.25, -0.2) is 4.52 Å². The van der Waals surface area contributed by atoms with E-state index >= 15 is 0 Å². The topological polar surface area (TPSA) is 115 Å². The highest BCUT2D eigenvalue weighted by molar-refractivity contribution is 6.03. The zero-order valence-corrected chi connectivity index (χ0v) is 15.5. The standard InChI is InChI=1S/C19H25N7O/c1-13-4-8-25(19(5-6-20)11-27-12-19)10-15(13)24-17-14(18(21)22)9-23-26-7-2-3-16(17)26/h2-3,7,9,13,15,24H,4-5,8,10-12H2,1H3,(H3,21,22). The Bertz CT molecular complexity index is 895. The third-order valence-corrected chi connectivity index (χ3v) is 5.96. The van der Waals surface area contributed by atoms with Crippen LogP contribution in [-0.4, -0.2) is 58.2 Å². The summed E-state index contributed by atoms with van der Waals surface area (Å²) < 4.78 is 7.24. The third kappa shape index (κ3) is 3.03. The molecule has 0 aromatic carbocycles. The van der Waals surface area contributed by atoms with Gasteiger partial charge < -0.3 is 15.8 Å². The number of likely N-dealkylation sites (tertiary alicyclic amines) is 1. The number of amidine groups is 1. The Morgan fingerprint density at radius 2 is 2.37 bits per heavy atom. The average Bonchev–Trinajstić information content (AvgIpc) is 3.09. The Morgan fingerprint density at radius 1 is 1.56 bits per heavy atom. The molecule has 0 aliphatic carbocycles. The van der Waals surface area contributed by atoms with Crippen molar-refractivity contribution in [1.29, 1.82) is 10.7 Å². The van der Waals surface area contributed by atoms with Crippen LogP contribution in [-0.2, 0) is 4.74 Å². The van der Waals surface area contributed by atoms with Gasteiger partial charge in [-0.1, -0.05) is 6.92 Å². The summed E-state index contributed by atoms with van der Waals surface area (Å²) in [5.41, 5.74) is 8.03. The lowest BCUT2D eigenvalue weighted by molar-refractivity contribution is -0.146. The van der Waals surface area contributed by atoms with Crippen LogP contribution in [0.1, 0.15) is 25.3 Å². The molecule has 142 valence electrons. The first-order valence-corrected chi connectivity index (χ1v) is 9.31. The monoisotopic (exact) mass is 367 g/mol. The van der Waals surface area contributed by atoms with Crippen molar-refractivity contribution in [3.8, 4) is 6.07 Å². The number of anilines is 1. The maximum absolute atomic E-state index is 9.25. The predicted molar refractivity (Wildman–Crippen MR) is 103 cm³/mol. The van der Waals surface area contributed by atoms with Gasteiger partial charge in [0.15, 0.2) is 0 Å². The van der Waals surface area contributed by atoms with Crippen molar-refractivity contribution in [1.82, 2.24) is 14.5 Å². The minimum absolute atomic E-state index is 0.00219. The Hall–Kier alpha value is -2.63. The van der Waals surface area contributed by atoms with Crippen LogP contribution in [0, 0.1) is 22.7 Å². The van der Waals surface area contributed by atoms with E-state index in [9.17, 15) is 5.26 Å². The molecule has 0 amide bonds. The normalized spacial score (nSPS) is 24.9. The zero-order valence-electron chi connectivity index (χ0n) is 15.5. The second kappa shape index (κ2) is 6.83. The molecule has 2 unspecified atom stereocenters. The molecule has 4 heterocycles. The lowest BCUT2D eigenvalue weighted by atomic mass is 9.85. The van der Waals surface area contributed by atoms with Gasteiger partial charge in [0.2, 0.25) is 0 Å². The van der Waals surface area contributed by atoms with E-state index in [1.54, 1.807) is 10.7 Å². The largest absolute Gasteiger partial charge is 0.384 e. The number of hydrogen-bond acceptors (Lipinski definition) is 6. The molecule has 27 heavy (non-hydrogen) atoms. The van der Waals surface area contributed by atoms with Crippen molar-refractivity contribution in [3.05, 3.63) is 30.1 Å². The maximum atomic E-state index is 9.25. The number of fused-ring (bicyclic) bond motifs is 1. The highest BCUT2D eigenvalue weighted by Gasteiger charge is 2.46. The highest BCUT2D eigenvalue weighted by Crippen LogP contribution is 2.34. The van der Waals surface area contributed by atoms with E-state index in [-0.39, 0.29) is 17.4 Å². The molecule has 8 heteroatoms. The van der Waals surface area contributed by atoms with Crippen molar-refractivity contribution in [3.63, 3.8) is 0 Å². The minimum atomic E-state index is -0.152. The van der Waals surface area contributed by atoms with Gasteiger partial charge in [0.1, 0.15) is 5.84 Å². The molecule has 2 aromatic rings. The van der Waals surface area contributed by atoms with Crippen LogP contribution in [0.15, 0.2) is 24.5 Å². The van der Waals surface area contributed by atoms with E-state index < -0.39 is 0 Å². The van der Waals surface area contributed by atoms with Gasteiger partial charge >= 0.3 is 0 Å². The second-order valence-electron chi connectivity index (χ2n) is 7.70. The van der Waals surface area contributed by atoms with Crippen LogP contribution in [0.2, 0.25) is 0 Å². The summed E-state index contributed by atoms with van der Waals surface area (Å²) >= 11 is 0. The average molecular weight is 367 g/mol. The van der Waals surface area contributed by atoms with Gasteiger partial charge in [0, 0.05) is 18.8 Å². The summed E-state index contributed by atoms with van der Waals surface area (Å²) in [7, 11) is 0. The smallest absolute Gasteiger partial charge is 0.126 e. The molecule has 2 aliphatic rings. The fourth-order valence-corrected chi connectivity index (χ4v) is 4.10. The van der Waals surface area contributed by atoms with E-state index in [2.05, 4.69) is 28.3 Å². The third-order valence-electron chi connectivity index (χ3n) is 5.96. The Kier molecular flexibility index (Phi) is 4.50. The number of nitriles is 1. The number of ether oxygens (including phenoxy) is 1. The first kappa shape index (κ1) is 17.8. The van der Waals surface area contributed by atoms with Crippen LogP contribution >= 0.6 is 0 Å². The number of nitrogen functional groups attached to an aromatic ring is 1. The number of rotatable bonds is 5. The molecule has 4 rings (SSSR count). The van der Waals surface area contributed by atoms with Crippen molar-refractivity contribution in [2.75, 3.05) is 31.6 Å². The highest BCUT2D eigenvalue weighted by atomic mass is 16.5. The van der Waals surface area contributed by atoms with Crippen molar-refractivity contribution in [2.45, 2.75) is 31.3 Å². The van der Waals surface area contributed by atoms with Crippen LogP contribution in [0.3, 0.4) is 0 Å². The summed E-state index contributed by atoms with van der Waals surface area (Å²) in [4.78, 5) is 2.40. The van der Waals surface area contributed by atoms with Gasteiger partial charge in [0.25, 0.3) is 0 Å². The van der Waals surface area contributed by atoms with Gasteiger partial charge in [-0.05, 0) is 31.0 Å². The minimum Gasteiger partial charge on any atom is -0.384 e. The van der Waals surface area contributed by atoms with Gasteiger partial charge in [-0.2, -0.15) is 10.4 Å². The Labute approximate surface area is 158 Å². The van der Waals surface area contributed by atoms with Crippen molar-refractivity contribution >= 4 is 17.0 Å². The van der Waals surface area contributed by atoms with Crippen LogP contribution in [0.25, 0.3) is 5.52 Å². The van der Waals surface area contributed by atoms with Crippen molar-refractivity contribution < 1.29 is 4.74 Å². The molecule has 4 N–H and O–H groups in total. The van der Waals surface area contributed by atoms with E-state index in [1.807, 2.05) is 18.3 Å². The quantitative estimate of drug-likeness (QED) is 0.544. The molecule has 0 saturated carbocycles. The summed E-state index contributed by atoms with van der Waals surface area (Å²) in [5.74, 6) is 0.465. The zero-order chi connectivity index (χ0) is 19.0. The van der Waals surface area contributed by atoms with E-state index in [1.165, 1.54) is 0 Å². The number of nitrogens with zero attached hydrogens (tertiary/aromatic N) is 4. The first-order valence-electron chi connectivity index (χ1n) is 9.31. The van der Waals surface area contributed by atoms with Crippen LogP contribution < -0.4 is 11.1 Å². The molecule has 0 bridgehead atoms. The van der Waals surface area contributed by atoms with E-state index in [0.29, 0.717) is 31.1 Å². The Balaban J connectivity index is 1.63. The van der Waals surface area contributed by atoms with Crippen molar-refractivity contribution in [2.24, 2.45) is 11.7 Å². The fourth-order valence-electron chi connectivity index (χ4n) is 4.10. The molecule has 2 atom stereocenters. The lowest BCUT2D eigenvalue weighted by Crippen LogP contribution is -2.66.